The van der Waals surface area contributed by atoms with Gasteiger partial charge in [0.1, 0.15) is 17.5 Å². The topological polar surface area (TPSA) is 55.0 Å². The average Bonchev–Trinajstić information content (AvgIpc) is 2.46. The fourth-order valence-corrected chi connectivity index (χ4v) is 1.99. The van der Waals surface area contributed by atoms with E-state index in [1.165, 1.54) is 5.56 Å². The molecule has 4 nitrogen and oxygen atoms in total. The summed E-state index contributed by atoms with van der Waals surface area (Å²) >= 11 is 0. The van der Waals surface area contributed by atoms with E-state index in [1.807, 2.05) is 11.9 Å². The van der Waals surface area contributed by atoms with Crippen molar-refractivity contribution in [2.24, 2.45) is 0 Å². The highest BCUT2D eigenvalue weighted by Gasteiger charge is 2.11. The number of nitrogen functional groups attached to an aromatic ring is 1. The Bertz CT molecular complexity index is 576. The number of hydrogen-bond acceptors (Lipinski definition) is 4. The predicted octanol–water partition coefficient (Wildman–Crippen LogP) is 3.51. The van der Waals surface area contributed by atoms with Crippen LogP contribution in [0.5, 0.6) is 0 Å². The Labute approximate surface area is 120 Å². The fourth-order valence-electron chi connectivity index (χ4n) is 1.99. The quantitative estimate of drug-likeness (QED) is 0.923. The summed E-state index contributed by atoms with van der Waals surface area (Å²) in [6.45, 7) is 6.28. The van der Waals surface area contributed by atoms with E-state index in [0.29, 0.717) is 5.82 Å². The van der Waals surface area contributed by atoms with Gasteiger partial charge in [-0.25, -0.2) is 9.97 Å². The largest absolute Gasteiger partial charge is 0.384 e. The molecule has 0 radical (unpaired) electrons. The van der Waals surface area contributed by atoms with Gasteiger partial charge in [0.15, 0.2) is 0 Å². The van der Waals surface area contributed by atoms with Crippen molar-refractivity contribution in [3.05, 3.63) is 41.7 Å². The maximum atomic E-state index is 5.88. The molecule has 0 atom stereocenters. The van der Waals surface area contributed by atoms with E-state index in [0.717, 1.165) is 23.8 Å². The smallest absolute Gasteiger partial charge is 0.138 e. The third kappa shape index (κ3) is 3.07. The Morgan fingerprint density at radius 2 is 1.80 bits per heavy atom. The van der Waals surface area contributed by atoms with Crippen LogP contribution >= 0.6 is 0 Å². The van der Waals surface area contributed by atoms with Crippen molar-refractivity contribution in [2.45, 2.75) is 33.1 Å². The Hall–Kier alpha value is -2.10. The van der Waals surface area contributed by atoms with Crippen molar-refractivity contribution in [1.82, 2.24) is 9.97 Å². The van der Waals surface area contributed by atoms with Crippen molar-refractivity contribution in [2.75, 3.05) is 17.7 Å². The number of aromatic nitrogens is 2. The Balaban J connectivity index is 2.34. The number of aryl methyl sites for hydroxylation is 1. The molecule has 0 spiro atoms. The van der Waals surface area contributed by atoms with Crippen molar-refractivity contribution in [3.63, 3.8) is 0 Å². The highest BCUT2D eigenvalue weighted by atomic mass is 15.2. The van der Waals surface area contributed by atoms with Gasteiger partial charge in [-0.2, -0.15) is 0 Å². The number of nitrogens with two attached hydrogens (primary N) is 1. The predicted molar refractivity (Wildman–Crippen MR) is 84.4 cm³/mol. The summed E-state index contributed by atoms with van der Waals surface area (Å²) in [5.74, 6) is 2.37. The van der Waals surface area contributed by atoms with Crippen molar-refractivity contribution >= 4 is 17.3 Å². The number of benzene rings is 1. The molecular weight excluding hydrogens is 248 g/mol. The van der Waals surface area contributed by atoms with Crippen molar-refractivity contribution < 1.29 is 0 Å². The van der Waals surface area contributed by atoms with Gasteiger partial charge in [-0.3, -0.25) is 0 Å². The van der Waals surface area contributed by atoms with Crippen LogP contribution in [-0.4, -0.2) is 17.0 Å². The summed E-state index contributed by atoms with van der Waals surface area (Å²) in [6.07, 6.45) is 1.04. The molecule has 1 aromatic heterocycles. The van der Waals surface area contributed by atoms with E-state index in [1.54, 1.807) is 6.07 Å². The molecule has 2 N–H and O–H groups in total. The van der Waals surface area contributed by atoms with E-state index in [9.17, 15) is 0 Å². The zero-order valence-electron chi connectivity index (χ0n) is 12.6. The van der Waals surface area contributed by atoms with Gasteiger partial charge in [-0.1, -0.05) is 32.9 Å². The van der Waals surface area contributed by atoms with E-state index >= 15 is 0 Å². The molecule has 0 aliphatic heterocycles. The van der Waals surface area contributed by atoms with Gasteiger partial charge < -0.3 is 10.6 Å². The highest BCUT2D eigenvalue weighted by Crippen LogP contribution is 2.24. The maximum absolute atomic E-state index is 5.88. The Morgan fingerprint density at radius 1 is 1.15 bits per heavy atom. The minimum atomic E-state index is 0.258. The summed E-state index contributed by atoms with van der Waals surface area (Å²) in [5, 5.41) is 0. The van der Waals surface area contributed by atoms with E-state index in [4.69, 9.17) is 5.73 Å². The molecule has 1 heterocycles. The molecule has 106 valence electrons. The van der Waals surface area contributed by atoms with Gasteiger partial charge in [0.2, 0.25) is 0 Å². The molecule has 0 saturated heterocycles. The third-order valence-corrected chi connectivity index (χ3v) is 3.34. The van der Waals surface area contributed by atoms with Gasteiger partial charge in [-0.05, 0) is 24.1 Å². The highest BCUT2D eigenvalue weighted by molar-refractivity contribution is 5.61. The molecular formula is C16H22N4. The van der Waals surface area contributed by atoms with Crippen LogP contribution in [0.4, 0.5) is 17.3 Å². The molecule has 0 fully saturated rings. The van der Waals surface area contributed by atoms with Crippen molar-refractivity contribution in [3.8, 4) is 0 Å². The molecule has 0 unspecified atom stereocenters. The van der Waals surface area contributed by atoms with Crippen LogP contribution in [0.2, 0.25) is 0 Å². The molecule has 1 aromatic carbocycles. The van der Waals surface area contributed by atoms with Crippen molar-refractivity contribution in [1.29, 1.82) is 0 Å². The van der Waals surface area contributed by atoms with Gasteiger partial charge in [-0.15, -0.1) is 0 Å². The SMILES string of the molecule is CCc1ccc(N(C)c2cc(N)nc(C(C)C)n2)cc1. The molecule has 0 amide bonds. The zero-order chi connectivity index (χ0) is 14.7. The minimum Gasteiger partial charge on any atom is -0.384 e. The number of hydrogen-bond donors (Lipinski definition) is 1. The summed E-state index contributed by atoms with van der Waals surface area (Å²) in [4.78, 5) is 10.9. The average molecular weight is 270 g/mol. The fraction of sp³-hybridized carbons (Fsp3) is 0.375. The summed E-state index contributed by atoms with van der Waals surface area (Å²) in [5.41, 5.74) is 8.30. The first-order chi connectivity index (χ1) is 9.51. The maximum Gasteiger partial charge on any atom is 0.138 e. The molecule has 4 heteroatoms. The number of rotatable bonds is 4. The van der Waals surface area contributed by atoms with Crippen LogP contribution in [0.1, 0.15) is 38.1 Å². The summed E-state index contributed by atoms with van der Waals surface area (Å²) in [7, 11) is 1.99. The van der Waals surface area contributed by atoms with E-state index in [2.05, 4.69) is 55.0 Å². The Morgan fingerprint density at radius 3 is 2.35 bits per heavy atom. The van der Waals surface area contributed by atoms with Gasteiger partial charge >= 0.3 is 0 Å². The minimum absolute atomic E-state index is 0.258. The van der Waals surface area contributed by atoms with Gasteiger partial charge in [0.05, 0.1) is 0 Å². The van der Waals surface area contributed by atoms with E-state index in [-0.39, 0.29) is 5.92 Å². The lowest BCUT2D eigenvalue weighted by atomic mass is 10.1. The Kier molecular flexibility index (Phi) is 4.23. The standard InChI is InChI=1S/C16H22N4/c1-5-12-6-8-13(9-7-12)20(4)15-10-14(17)18-16(19-15)11(2)3/h6-11H,5H2,1-4H3,(H2,17,18,19). The zero-order valence-corrected chi connectivity index (χ0v) is 12.6. The summed E-state index contributed by atoms with van der Waals surface area (Å²) < 4.78 is 0. The van der Waals surface area contributed by atoms with Crippen LogP contribution in [0.15, 0.2) is 30.3 Å². The van der Waals surface area contributed by atoms with Gasteiger partial charge in [0.25, 0.3) is 0 Å². The first-order valence-electron chi connectivity index (χ1n) is 6.98. The number of anilines is 3. The third-order valence-electron chi connectivity index (χ3n) is 3.34. The number of nitrogens with zero attached hydrogens (tertiary/aromatic N) is 3. The first kappa shape index (κ1) is 14.3. The first-order valence-corrected chi connectivity index (χ1v) is 6.98. The monoisotopic (exact) mass is 270 g/mol. The molecule has 2 rings (SSSR count). The second-order valence-corrected chi connectivity index (χ2v) is 5.24. The molecule has 0 bridgehead atoms. The summed E-state index contributed by atoms with van der Waals surface area (Å²) in [6, 6.07) is 10.3. The van der Waals surface area contributed by atoms with Crippen LogP contribution < -0.4 is 10.6 Å². The lowest BCUT2D eigenvalue weighted by Gasteiger charge is -2.20. The van der Waals surface area contributed by atoms with Crippen LogP contribution in [0.3, 0.4) is 0 Å². The lowest BCUT2D eigenvalue weighted by molar-refractivity contribution is 0.775. The van der Waals surface area contributed by atoms with Gasteiger partial charge in [0, 0.05) is 24.7 Å². The van der Waals surface area contributed by atoms with Crippen LogP contribution in [-0.2, 0) is 6.42 Å². The van der Waals surface area contributed by atoms with Crippen LogP contribution in [0.25, 0.3) is 0 Å². The van der Waals surface area contributed by atoms with Crippen LogP contribution in [0, 0.1) is 0 Å². The second-order valence-electron chi connectivity index (χ2n) is 5.24. The second kappa shape index (κ2) is 5.90. The molecule has 0 aliphatic rings. The van der Waals surface area contributed by atoms with E-state index < -0.39 is 0 Å². The molecule has 20 heavy (non-hydrogen) atoms. The molecule has 2 aromatic rings. The lowest BCUT2D eigenvalue weighted by Crippen LogP contribution is -2.14. The molecule has 0 aliphatic carbocycles. The molecule has 0 saturated carbocycles. The normalized spacial score (nSPS) is 10.8.